The zero-order valence-corrected chi connectivity index (χ0v) is 13.9. The van der Waals surface area contributed by atoms with Crippen molar-refractivity contribution in [1.82, 2.24) is 9.99 Å². The summed E-state index contributed by atoms with van der Waals surface area (Å²) in [6, 6.07) is 14.6. The first-order valence-corrected chi connectivity index (χ1v) is 7.89. The molecule has 2 N–H and O–H groups in total. The van der Waals surface area contributed by atoms with Gasteiger partial charge in [-0.3, -0.25) is 14.8 Å². The molecule has 0 saturated heterocycles. The number of benzene rings is 1. The largest absolute Gasteiger partial charge is 0.369 e. The Hall–Kier alpha value is -2.76. The lowest BCUT2D eigenvalue weighted by molar-refractivity contribution is -0.122. The van der Waals surface area contributed by atoms with Gasteiger partial charge in [-0.1, -0.05) is 36.4 Å². The van der Waals surface area contributed by atoms with Gasteiger partial charge in [-0.25, -0.2) is 0 Å². The third-order valence-corrected chi connectivity index (χ3v) is 4.21. The number of amides is 1. The molecule has 1 aromatic heterocycles. The smallest absolute Gasteiger partial charge is 0.234 e. The van der Waals surface area contributed by atoms with Crippen LogP contribution in [0.3, 0.4) is 0 Å². The summed E-state index contributed by atoms with van der Waals surface area (Å²) < 4.78 is 0. The highest BCUT2D eigenvalue weighted by Crippen LogP contribution is 2.34. The SMILES string of the molecule is CC(C)N(CCC(C(N)=O)(c1ccccc1)c1ccccn1)N=O. The maximum absolute atomic E-state index is 12.5. The minimum atomic E-state index is -1.11. The van der Waals surface area contributed by atoms with Crippen LogP contribution in [-0.4, -0.2) is 28.5 Å². The van der Waals surface area contributed by atoms with Crippen molar-refractivity contribution in [3.8, 4) is 0 Å². The number of nitrogens with two attached hydrogens (primary N) is 1. The number of hydrogen-bond donors (Lipinski definition) is 1. The summed E-state index contributed by atoms with van der Waals surface area (Å²) >= 11 is 0. The monoisotopic (exact) mass is 326 g/mol. The van der Waals surface area contributed by atoms with Crippen LogP contribution >= 0.6 is 0 Å². The van der Waals surface area contributed by atoms with Crippen molar-refractivity contribution in [2.75, 3.05) is 6.54 Å². The van der Waals surface area contributed by atoms with Crippen LogP contribution in [0.5, 0.6) is 0 Å². The second-order valence-electron chi connectivity index (χ2n) is 5.94. The van der Waals surface area contributed by atoms with E-state index >= 15 is 0 Å². The van der Waals surface area contributed by atoms with E-state index in [0.717, 1.165) is 5.56 Å². The molecule has 6 nitrogen and oxygen atoms in total. The van der Waals surface area contributed by atoms with E-state index in [9.17, 15) is 9.70 Å². The van der Waals surface area contributed by atoms with Crippen molar-refractivity contribution >= 4 is 5.91 Å². The van der Waals surface area contributed by atoms with Gasteiger partial charge in [0.25, 0.3) is 0 Å². The molecule has 2 aromatic rings. The average molecular weight is 326 g/mol. The summed E-state index contributed by atoms with van der Waals surface area (Å²) in [5.41, 5.74) is 6.05. The molecule has 24 heavy (non-hydrogen) atoms. The van der Waals surface area contributed by atoms with E-state index in [2.05, 4.69) is 10.3 Å². The quantitative estimate of drug-likeness (QED) is 0.596. The first-order chi connectivity index (χ1) is 11.5. The summed E-state index contributed by atoms with van der Waals surface area (Å²) in [4.78, 5) is 28.0. The second kappa shape index (κ2) is 7.68. The predicted octanol–water partition coefficient (Wildman–Crippen LogP) is 2.63. The number of primary amides is 1. The highest BCUT2D eigenvalue weighted by atomic mass is 16.3. The molecule has 0 saturated carbocycles. The summed E-state index contributed by atoms with van der Waals surface area (Å²) in [6.45, 7) is 4.04. The van der Waals surface area contributed by atoms with E-state index in [1.54, 1.807) is 18.3 Å². The molecular formula is C18H22N4O2. The van der Waals surface area contributed by atoms with Crippen LogP contribution in [0.2, 0.25) is 0 Å². The fraction of sp³-hybridized carbons (Fsp3) is 0.333. The fourth-order valence-electron chi connectivity index (χ4n) is 2.83. The Morgan fingerprint density at radius 2 is 1.88 bits per heavy atom. The molecule has 0 bridgehead atoms. The van der Waals surface area contributed by atoms with Crippen LogP contribution in [0.4, 0.5) is 0 Å². The Kier molecular flexibility index (Phi) is 5.63. The third-order valence-electron chi connectivity index (χ3n) is 4.21. The summed E-state index contributed by atoms with van der Waals surface area (Å²) in [7, 11) is 0. The van der Waals surface area contributed by atoms with E-state index in [-0.39, 0.29) is 6.04 Å². The first kappa shape index (κ1) is 17.6. The van der Waals surface area contributed by atoms with Gasteiger partial charge < -0.3 is 5.73 Å². The van der Waals surface area contributed by atoms with Crippen molar-refractivity contribution in [3.05, 3.63) is 70.9 Å². The lowest BCUT2D eigenvalue weighted by Crippen LogP contribution is -2.45. The van der Waals surface area contributed by atoms with Crippen LogP contribution in [-0.2, 0) is 10.2 Å². The van der Waals surface area contributed by atoms with Gasteiger partial charge in [0.1, 0.15) is 5.41 Å². The van der Waals surface area contributed by atoms with Crippen LogP contribution in [0.25, 0.3) is 0 Å². The molecule has 0 aliphatic rings. The number of pyridine rings is 1. The standard InChI is InChI=1S/C18H22N4O2/c1-14(2)22(21-24)13-11-18(17(19)23,15-8-4-3-5-9-15)16-10-6-7-12-20-16/h3-10,12,14H,11,13H2,1-2H3,(H2,19,23). The molecule has 1 atom stereocenters. The van der Waals surface area contributed by atoms with Crippen molar-refractivity contribution in [1.29, 1.82) is 0 Å². The van der Waals surface area contributed by atoms with Crippen LogP contribution in [0.15, 0.2) is 60.0 Å². The van der Waals surface area contributed by atoms with E-state index in [1.807, 2.05) is 50.2 Å². The highest BCUT2D eigenvalue weighted by Gasteiger charge is 2.42. The Bertz CT molecular complexity index is 634. The Morgan fingerprint density at radius 1 is 1.21 bits per heavy atom. The maximum Gasteiger partial charge on any atom is 0.234 e. The number of aromatic nitrogens is 1. The van der Waals surface area contributed by atoms with Crippen molar-refractivity contribution in [2.24, 2.45) is 11.0 Å². The molecule has 0 radical (unpaired) electrons. The molecule has 126 valence electrons. The number of hydrogen-bond acceptors (Lipinski definition) is 4. The maximum atomic E-state index is 12.5. The number of nitrogens with zero attached hydrogens (tertiary/aromatic N) is 3. The summed E-state index contributed by atoms with van der Waals surface area (Å²) in [5, 5.41) is 4.45. The third kappa shape index (κ3) is 3.42. The van der Waals surface area contributed by atoms with Crippen molar-refractivity contribution in [3.63, 3.8) is 0 Å². The first-order valence-electron chi connectivity index (χ1n) is 7.89. The minimum Gasteiger partial charge on any atom is -0.369 e. The lowest BCUT2D eigenvalue weighted by Gasteiger charge is -2.32. The minimum absolute atomic E-state index is 0.0624. The lowest BCUT2D eigenvalue weighted by atomic mass is 9.73. The van der Waals surface area contributed by atoms with Crippen LogP contribution in [0.1, 0.15) is 31.5 Å². The Morgan fingerprint density at radius 3 is 2.38 bits per heavy atom. The fourth-order valence-corrected chi connectivity index (χ4v) is 2.83. The van der Waals surface area contributed by atoms with Gasteiger partial charge in [-0.2, -0.15) is 0 Å². The molecule has 0 aliphatic carbocycles. The van der Waals surface area contributed by atoms with E-state index in [4.69, 9.17) is 5.73 Å². The predicted molar refractivity (Wildman–Crippen MR) is 92.9 cm³/mol. The molecule has 1 unspecified atom stereocenters. The number of carbonyl (C=O) groups is 1. The van der Waals surface area contributed by atoms with Crippen LogP contribution < -0.4 is 5.73 Å². The van der Waals surface area contributed by atoms with Gasteiger partial charge in [0.15, 0.2) is 0 Å². The Labute approximate surface area is 141 Å². The molecule has 2 rings (SSSR count). The molecule has 1 aromatic carbocycles. The molecule has 1 amide bonds. The number of nitroso groups, excluding NO2 is 1. The van der Waals surface area contributed by atoms with Gasteiger partial charge in [-0.05, 0) is 38.0 Å². The van der Waals surface area contributed by atoms with Gasteiger partial charge in [0.05, 0.1) is 11.0 Å². The number of carbonyl (C=O) groups excluding carboxylic acids is 1. The molecule has 0 aliphatic heterocycles. The van der Waals surface area contributed by atoms with Gasteiger partial charge >= 0.3 is 0 Å². The van der Waals surface area contributed by atoms with E-state index < -0.39 is 11.3 Å². The summed E-state index contributed by atoms with van der Waals surface area (Å²) in [6.07, 6.45) is 1.95. The highest BCUT2D eigenvalue weighted by molar-refractivity contribution is 5.90. The van der Waals surface area contributed by atoms with Crippen molar-refractivity contribution < 1.29 is 4.79 Å². The Balaban J connectivity index is 2.51. The van der Waals surface area contributed by atoms with Gasteiger partial charge in [-0.15, -0.1) is 4.91 Å². The normalized spacial score (nSPS) is 13.3. The average Bonchev–Trinajstić information content (AvgIpc) is 2.60. The molecule has 6 heteroatoms. The second-order valence-corrected chi connectivity index (χ2v) is 5.94. The number of rotatable bonds is 8. The van der Waals surface area contributed by atoms with Gasteiger partial charge in [0.2, 0.25) is 5.91 Å². The molecule has 0 fully saturated rings. The zero-order valence-electron chi connectivity index (χ0n) is 13.9. The topological polar surface area (TPSA) is 88.7 Å². The van der Waals surface area contributed by atoms with Gasteiger partial charge in [0, 0.05) is 18.8 Å². The van der Waals surface area contributed by atoms with E-state index in [0.29, 0.717) is 18.7 Å². The molecule has 1 heterocycles. The van der Waals surface area contributed by atoms with Crippen molar-refractivity contribution in [2.45, 2.75) is 31.7 Å². The molecular weight excluding hydrogens is 304 g/mol. The summed E-state index contributed by atoms with van der Waals surface area (Å²) in [5.74, 6) is -0.498. The molecule has 0 spiro atoms. The zero-order chi connectivity index (χ0) is 17.6. The van der Waals surface area contributed by atoms with Crippen LogP contribution in [0, 0.1) is 4.91 Å². The van der Waals surface area contributed by atoms with E-state index in [1.165, 1.54) is 5.01 Å².